The third-order valence-corrected chi connectivity index (χ3v) is 4.58. The van der Waals surface area contributed by atoms with Crippen LogP contribution in [0.4, 0.5) is 0 Å². The molecule has 132 valence electrons. The van der Waals surface area contributed by atoms with Crippen molar-refractivity contribution in [1.82, 2.24) is 0 Å². The molecular formula is C22H28NO2+. The summed E-state index contributed by atoms with van der Waals surface area (Å²) in [7, 11) is 0. The molecule has 0 aliphatic carbocycles. The second kappa shape index (κ2) is 9.80. The van der Waals surface area contributed by atoms with Gasteiger partial charge in [-0.25, -0.2) is 4.79 Å². The zero-order valence-electron chi connectivity index (χ0n) is 15.1. The summed E-state index contributed by atoms with van der Waals surface area (Å²) >= 11 is 0. The summed E-state index contributed by atoms with van der Waals surface area (Å²) in [6.45, 7) is 10.1. The molecule has 0 radical (unpaired) electrons. The van der Waals surface area contributed by atoms with Crippen LogP contribution in [0.25, 0.3) is 0 Å². The topological polar surface area (TPSA) is 26.3 Å². The maximum Gasteiger partial charge on any atom is 0.330 e. The minimum Gasteiger partial charge on any atom is -0.462 e. The molecule has 0 saturated carbocycles. The largest absolute Gasteiger partial charge is 0.462 e. The number of rotatable bonds is 10. The first kappa shape index (κ1) is 18.9. The van der Waals surface area contributed by atoms with Crippen LogP contribution in [0, 0.1) is 0 Å². The first-order valence-electron chi connectivity index (χ1n) is 8.89. The number of nitrogens with zero attached hydrogens (tertiary/aromatic N) is 1. The van der Waals surface area contributed by atoms with E-state index in [4.69, 9.17) is 4.74 Å². The Morgan fingerprint density at radius 2 is 1.52 bits per heavy atom. The summed E-state index contributed by atoms with van der Waals surface area (Å²) in [5.74, 6) is -0.347. The smallest absolute Gasteiger partial charge is 0.330 e. The molecule has 0 unspecified atom stereocenters. The van der Waals surface area contributed by atoms with Crippen LogP contribution in [0.1, 0.15) is 24.5 Å². The van der Waals surface area contributed by atoms with Crippen LogP contribution in [0.15, 0.2) is 73.3 Å². The highest BCUT2D eigenvalue weighted by Gasteiger charge is 2.26. The van der Waals surface area contributed by atoms with Crippen molar-refractivity contribution in [1.29, 1.82) is 0 Å². The summed E-state index contributed by atoms with van der Waals surface area (Å²) < 4.78 is 6.11. The molecule has 2 rings (SSSR count). The third-order valence-electron chi connectivity index (χ3n) is 4.58. The summed E-state index contributed by atoms with van der Waals surface area (Å²) in [5.41, 5.74) is 2.67. The van der Waals surface area contributed by atoms with E-state index in [-0.39, 0.29) is 5.97 Å². The van der Waals surface area contributed by atoms with Gasteiger partial charge in [-0.15, -0.1) is 0 Å². The standard InChI is InChI=1S/C22H28NO2/c1-3-22(24)25-17-11-16-23(4-2,18-20-12-7-5-8-13-20)19-21-14-9-6-10-15-21/h3,5-10,12-15H,1,4,11,16-19H2,2H3/q+1. The van der Waals surface area contributed by atoms with E-state index in [0.29, 0.717) is 6.61 Å². The van der Waals surface area contributed by atoms with Crippen LogP contribution in [0.2, 0.25) is 0 Å². The van der Waals surface area contributed by atoms with Gasteiger partial charge in [-0.1, -0.05) is 67.2 Å². The van der Waals surface area contributed by atoms with E-state index >= 15 is 0 Å². The van der Waals surface area contributed by atoms with Gasteiger partial charge in [0.2, 0.25) is 0 Å². The summed E-state index contributed by atoms with van der Waals surface area (Å²) in [5, 5.41) is 0. The molecule has 0 fully saturated rings. The number of hydrogen-bond donors (Lipinski definition) is 0. The number of benzene rings is 2. The number of ether oxygens (including phenoxy) is 1. The SMILES string of the molecule is C=CC(=O)OCCC[N+](CC)(Cc1ccccc1)Cc1ccccc1. The molecule has 0 aliphatic heterocycles. The Balaban J connectivity index is 2.10. The number of carbonyl (C=O) groups is 1. The maximum absolute atomic E-state index is 11.2. The average molecular weight is 338 g/mol. The highest BCUT2D eigenvalue weighted by molar-refractivity contribution is 5.81. The normalized spacial score (nSPS) is 11.1. The quantitative estimate of drug-likeness (QED) is 0.279. The number of hydrogen-bond acceptors (Lipinski definition) is 2. The van der Waals surface area contributed by atoms with Crippen LogP contribution in [-0.2, 0) is 22.6 Å². The lowest BCUT2D eigenvalue weighted by molar-refractivity contribution is -0.952. The molecule has 3 nitrogen and oxygen atoms in total. The van der Waals surface area contributed by atoms with Gasteiger partial charge >= 0.3 is 5.97 Å². The number of carbonyl (C=O) groups excluding carboxylic acids is 1. The Labute approximate surface area is 151 Å². The minimum atomic E-state index is -0.347. The summed E-state index contributed by atoms with van der Waals surface area (Å²) in [6, 6.07) is 21.2. The first-order valence-corrected chi connectivity index (χ1v) is 8.89. The first-order chi connectivity index (χ1) is 12.2. The molecule has 0 atom stereocenters. The summed E-state index contributed by atoms with van der Waals surface area (Å²) in [6.07, 6.45) is 2.06. The van der Waals surface area contributed by atoms with Gasteiger partial charge in [-0.2, -0.15) is 0 Å². The van der Waals surface area contributed by atoms with Gasteiger partial charge in [-0.05, 0) is 6.92 Å². The van der Waals surface area contributed by atoms with Crippen molar-refractivity contribution in [3.63, 3.8) is 0 Å². The monoisotopic (exact) mass is 338 g/mol. The minimum absolute atomic E-state index is 0.347. The molecule has 0 spiro atoms. The van der Waals surface area contributed by atoms with E-state index in [1.54, 1.807) is 0 Å². The van der Waals surface area contributed by atoms with Crippen LogP contribution < -0.4 is 0 Å². The van der Waals surface area contributed by atoms with Gasteiger partial charge in [0.1, 0.15) is 13.1 Å². The van der Waals surface area contributed by atoms with E-state index in [0.717, 1.165) is 37.1 Å². The fourth-order valence-corrected chi connectivity index (χ4v) is 3.17. The van der Waals surface area contributed by atoms with Crippen molar-refractivity contribution in [2.75, 3.05) is 19.7 Å². The zero-order valence-corrected chi connectivity index (χ0v) is 15.1. The second-order valence-electron chi connectivity index (χ2n) is 6.39. The Bertz CT molecular complexity index is 611. The highest BCUT2D eigenvalue weighted by atomic mass is 16.5. The molecule has 0 heterocycles. The molecule has 0 saturated heterocycles. The Morgan fingerprint density at radius 1 is 1.00 bits per heavy atom. The predicted octanol–water partition coefficient (Wildman–Crippen LogP) is 4.34. The molecule has 25 heavy (non-hydrogen) atoms. The molecule has 0 N–H and O–H groups in total. The van der Waals surface area contributed by atoms with Gasteiger partial charge in [0.15, 0.2) is 0 Å². The Hall–Kier alpha value is -2.39. The molecule has 0 amide bonds. The van der Waals surface area contributed by atoms with E-state index in [1.807, 2.05) is 0 Å². The molecule has 0 bridgehead atoms. The van der Waals surface area contributed by atoms with Gasteiger partial charge in [0, 0.05) is 23.6 Å². The van der Waals surface area contributed by atoms with Crippen LogP contribution in [-0.4, -0.2) is 30.1 Å². The van der Waals surface area contributed by atoms with E-state index in [9.17, 15) is 4.79 Å². The van der Waals surface area contributed by atoms with Crippen molar-refractivity contribution in [2.24, 2.45) is 0 Å². The van der Waals surface area contributed by atoms with Gasteiger partial charge in [0.25, 0.3) is 0 Å². The zero-order chi connectivity index (χ0) is 18.0. The molecule has 2 aromatic rings. The highest BCUT2D eigenvalue weighted by Crippen LogP contribution is 2.20. The van der Waals surface area contributed by atoms with E-state index in [2.05, 4.69) is 74.2 Å². The number of esters is 1. The van der Waals surface area contributed by atoms with Crippen molar-refractivity contribution >= 4 is 5.97 Å². The van der Waals surface area contributed by atoms with Crippen molar-refractivity contribution in [3.8, 4) is 0 Å². The van der Waals surface area contributed by atoms with Gasteiger partial charge < -0.3 is 9.22 Å². The second-order valence-corrected chi connectivity index (χ2v) is 6.39. The molecular weight excluding hydrogens is 310 g/mol. The van der Waals surface area contributed by atoms with Crippen LogP contribution >= 0.6 is 0 Å². The molecule has 2 aromatic carbocycles. The van der Waals surface area contributed by atoms with Crippen LogP contribution in [0.3, 0.4) is 0 Å². The third kappa shape index (κ3) is 6.20. The van der Waals surface area contributed by atoms with Gasteiger partial charge in [0.05, 0.1) is 19.7 Å². The van der Waals surface area contributed by atoms with E-state index < -0.39 is 0 Å². The molecule has 0 aromatic heterocycles. The van der Waals surface area contributed by atoms with Crippen molar-refractivity contribution in [2.45, 2.75) is 26.4 Å². The maximum atomic E-state index is 11.2. The lowest BCUT2D eigenvalue weighted by Crippen LogP contribution is -2.47. The Kier molecular flexibility index (Phi) is 7.42. The van der Waals surface area contributed by atoms with Crippen molar-refractivity contribution in [3.05, 3.63) is 84.4 Å². The van der Waals surface area contributed by atoms with Crippen LogP contribution in [0.5, 0.6) is 0 Å². The predicted molar refractivity (Wildman–Crippen MR) is 102 cm³/mol. The fourth-order valence-electron chi connectivity index (χ4n) is 3.17. The number of quaternary nitrogens is 1. The summed E-state index contributed by atoms with van der Waals surface area (Å²) in [4.78, 5) is 11.2. The lowest BCUT2D eigenvalue weighted by Gasteiger charge is -2.38. The Morgan fingerprint density at radius 3 is 1.96 bits per heavy atom. The van der Waals surface area contributed by atoms with E-state index in [1.165, 1.54) is 17.2 Å². The van der Waals surface area contributed by atoms with Gasteiger partial charge in [-0.3, -0.25) is 0 Å². The molecule has 3 heteroatoms. The lowest BCUT2D eigenvalue weighted by atomic mass is 10.1. The molecule has 0 aliphatic rings. The average Bonchev–Trinajstić information content (AvgIpc) is 2.66. The fraction of sp³-hybridized carbons (Fsp3) is 0.318. The van der Waals surface area contributed by atoms with Crippen molar-refractivity contribution < 1.29 is 14.0 Å².